The molecule has 0 saturated heterocycles. The number of carbonyl (C=O) groups is 2. The zero-order valence-electron chi connectivity index (χ0n) is 13.4. The standard InChI is InChI=1S/C15H28O5/c1-9(2)14(19-11(5)16)7-13(18)8-15(10(3)4)20-12(6)17/h9-10,13-15,18H,7-8H2,1-6H3. The Balaban J connectivity index is 4.51. The SMILES string of the molecule is CC(=O)OC(CC(O)CC(OC(C)=O)C(C)C)C(C)C. The predicted molar refractivity (Wildman–Crippen MR) is 76.0 cm³/mol. The maximum Gasteiger partial charge on any atom is 0.302 e. The molecule has 2 atom stereocenters. The van der Waals surface area contributed by atoms with Crippen molar-refractivity contribution in [1.82, 2.24) is 0 Å². The molecular formula is C15H28O5. The number of hydrogen-bond donors (Lipinski definition) is 1. The molecule has 0 saturated carbocycles. The van der Waals surface area contributed by atoms with Crippen molar-refractivity contribution >= 4 is 11.9 Å². The summed E-state index contributed by atoms with van der Waals surface area (Å²) in [6.07, 6.45) is -0.627. The Morgan fingerprint density at radius 1 is 0.850 bits per heavy atom. The molecule has 0 aliphatic carbocycles. The van der Waals surface area contributed by atoms with Gasteiger partial charge in [0, 0.05) is 26.7 Å². The molecule has 2 unspecified atom stereocenters. The van der Waals surface area contributed by atoms with E-state index in [2.05, 4.69) is 0 Å². The van der Waals surface area contributed by atoms with Gasteiger partial charge in [0.1, 0.15) is 12.2 Å². The summed E-state index contributed by atoms with van der Waals surface area (Å²) in [5, 5.41) is 10.1. The van der Waals surface area contributed by atoms with Crippen LogP contribution in [0.1, 0.15) is 54.4 Å². The molecule has 0 aromatic carbocycles. The minimum absolute atomic E-state index is 0.125. The van der Waals surface area contributed by atoms with Crippen molar-refractivity contribution < 1.29 is 24.2 Å². The molecule has 118 valence electrons. The van der Waals surface area contributed by atoms with Crippen LogP contribution in [0.3, 0.4) is 0 Å². The van der Waals surface area contributed by atoms with Crippen LogP contribution in [0, 0.1) is 11.8 Å². The van der Waals surface area contributed by atoms with Crippen molar-refractivity contribution in [1.29, 1.82) is 0 Å². The molecule has 0 bridgehead atoms. The quantitative estimate of drug-likeness (QED) is 0.694. The van der Waals surface area contributed by atoms with Crippen molar-refractivity contribution in [3.8, 4) is 0 Å². The second-order valence-corrected chi connectivity index (χ2v) is 5.91. The summed E-state index contributed by atoms with van der Waals surface area (Å²) >= 11 is 0. The lowest BCUT2D eigenvalue weighted by molar-refractivity contribution is -0.152. The van der Waals surface area contributed by atoms with E-state index >= 15 is 0 Å². The molecule has 0 aromatic heterocycles. The molecule has 20 heavy (non-hydrogen) atoms. The molecule has 0 fully saturated rings. The van der Waals surface area contributed by atoms with Crippen LogP contribution in [0.25, 0.3) is 0 Å². The lowest BCUT2D eigenvalue weighted by atomic mass is 9.94. The first-order chi connectivity index (χ1) is 9.13. The monoisotopic (exact) mass is 288 g/mol. The van der Waals surface area contributed by atoms with Crippen LogP contribution in [-0.2, 0) is 19.1 Å². The van der Waals surface area contributed by atoms with Gasteiger partial charge < -0.3 is 14.6 Å². The maximum atomic E-state index is 11.0. The van der Waals surface area contributed by atoms with Gasteiger partial charge in [0.2, 0.25) is 0 Å². The predicted octanol–water partition coefficient (Wildman–Crippen LogP) is 2.30. The highest BCUT2D eigenvalue weighted by molar-refractivity contribution is 5.66. The van der Waals surface area contributed by atoms with Gasteiger partial charge in [-0.3, -0.25) is 9.59 Å². The van der Waals surface area contributed by atoms with Crippen molar-refractivity contribution in [3.05, 3.63) is 0 Å². The number of aliphatic hydroxyl groups is 1. The second-order valence-electron chi connectivity index (χ2n) is 5.91. The van der Waals surface area contributed by atoms with Crippen LogP contribution in [0.5, 0.6) is 0 Å². The van der Waals surface area contributed by atoms with Gasteiger partial charge in [0.15, 0.2) is 0 Å². The third-order valence-corrected chi connectivity index (χ3v) is 3.13. The fraction of sp³-hybridized carbons (Fsp3) is 0.867. The molecule has 0 heterocycles. The van der Waals surface area contributed by atoms with Gasteiger partial charge in [0.25, 0.3) is 0 Å². The topological polar surface area (TPSA) is 72.8 Å². The largest absolute Gasteiger partial charge is 0.462 e. The maximum absolute atomic E-state index is 11.0. The highest BCUT2D eigenvalue weighted by Gasteiger charge is 2.25. The van der Waals surface area contributed by atoms with Gasteiger partial charge in [-0.05, 0) is 11.8 Å². The summed E-state index contributed by atoms with van der Waals surface area (Å²) in [4.78, 5) is 22.1. The molecule has 0 aliphatic rings. The van der Waals surface area contributed by atoms with E-state index in [1.807, 2.05) is 27.7 Å². The van der Waals surface area contributed by atoms with Gasteiger partial charge in [-0.15, -0.1) is 0 Å². The minimum atomic E-state index is -0.673. The minimum Gasteiger partial charge on any atom is -0.462 e. The molecule has 5 heteroatoms. The number of esters is 2. The Hall–Kier alpha value is -1.10. The average Bonchev–Trinajstić information content (AvgIpc) is 2.25. The van der Waals surface area contributed by atoms with E-state index in [4.69, 9.17) is 9.47 Å². The first-order valence-corrected chi connectivity index (χ1v) is 7.16. The number of ether oxygens (including phenoxy) is 2. The zero-order chi connectivity index (χ0) is 15.9. The van der Waals surface area contributed by atoms with E-state index in [0.29, 0.717) is 12.8 Å². The van der Waals surface area contributed by atoms with Gasteiger partial charge in [-0.2, -0.15) is 0 Å². The summed E-state index contributed by atoms with van der Waals surface area (Å²) in [5.74, 6) is -0.452. The molecule has 0 spiro atoms. The van der Waals surface area contributed by atoms with Gasteiger partial charge in [0.05, 0.1) is 6.10 Å². The normalized spacial score (nSPS) is 15.8. The highest BCUT2D eigenvalue weighted by atomic mass is 16.5. The molecular weight excluding hydrogens is 260 g/mol. The number of carbonyl (C=O) groups excluding carboxylic acids is 2. The molecule has 5 nitrogen and oxygen atoms in total. The Kier molecular flexibility index (Phi) is 8.46. The van der Waals surface area contributed by atoms with Crippen LogP contribution in [0.2, 0.25) is 0 Å². The smallest absolute Gasteiger partial charge is 0.302 e. The average molecular weight is 288 g/mol. The van der Waals surface area contributed by atoms with Gasteiger partial charge in [-0.1, -0.05) is 27.7 Å². The second kappa shape index (κ2) is 8.95. The summed E-state index contributed by atoms with van der Waals surface area (Å²) < 4.78 is 10.4. The van der Waals surface area contributed by atoms with Crippen molar-refractivity contribution in [2.75, 3.05) is 0 Å². The molecule has 1 N–H and O–H groups in total. The highest BCUT2D eigenvalue weighted by Crippen LogP contribution is 2.20. The van der Waals surface area contributed by atoms with E-state index < -0.39 is 6.10 Å². The van der Waals surface area contributed by atoms with Crippen molar-refractivity contribution in [2.24, 2.45) is 11.8 Å². The van der Waals surface area contributed by atoms with Crippen LogP contribution < -0.4 is 0 Å². The molecule has 0 radical (unpaired) electrons. The lowest BCUT2D eigenvalue weighted by Gasteiger charge is -2.27. The van der Waals surface area contributed by atoms with E-state index in [1.54, 1.807) is 0 Å². The third kappa shape index (κ3) is 8.15. The van der Waals surface area contributed by atoms with E-state index in [0.717, 1.165) is 0 Å². The fourth-order valence-electron chi connectivity index (χ4n) is 1.97. The Morgan fingerprint density at radius 2 is 1.15 bits per heavy atom. The van der Waals surface area contributed by atoms with Gasteiger partial charge in [-0.25, -0.2) is 0 Å². The summed E-state index contributed by atoms with van der Waals surface area (Å²) in [6.45, 7) is 10.5. The Labute approximate surface area is 121 Å². The number of hydrogen-bond acceptors (Lipinski definition) is 5. The van der Waals surface area contributed by atoms with Crippen LogP contribution in [-0.4, -0.2) is 35.4 Å². The molecule has 0 aliphatic heterocycles. The van der Waals surface area contributed by atoms with Crippen molar-refractivity contribution in [2.45, 2.75) is 72.7 Å². The number of aliphatic hydroxyl groups excluding tert-OH is 1. The van der Waals surface area contributed by atoms with Crippen LogP contribution in [0.4, 0.5) is 0 Å². The summed E-state index contributed by atoms with van der Waals surface area (Å²) in [7, 11) is 0. The zero-order valence-corrected chi connectivity index (χ0v) is 13.4. The summed E-state index contributed by atoms with van der Waals surface area (Å²) in [6, 6.07) is 0. The third-order valence-electron chi connectivity index (χ3n) is 3.13. The molecule has 0 rings (SSSR count). The van der Waals surface area contributed by atoms with E-state index in [9.17, 15) is 14.7 Å². The first kappa shape index (κ1) is 18.9. The molecule has 0 aromatic rings. The van der Waals surface area contributed by atoms with Crippen LogP contribution in [0.15, 0.2) is 0 Å². The summed E-state index contributed by atoms with van der Waals surface area (Å²) in [5.41, 5.74) is 0. The number of rotatable bonds is 8. The van der Waals surface area contributed by atoms with E-state index in [-0.39, 0.29) is 36.0 Å². The lowest BCUT2D eigenvalue weighted by Crippen LogP contribution is -2.32. The van der Waals surface area contributed by atoms with E-state index in [1.165, 1.54) is 13.8 Å². The molecule has 0 amide bonds. The Morgan fingerprint density at radius 3 is 1.35 bits per heavy atom. The first-order valence-electron chi connectivity index (χ1n) is 7.16. The van der Waals surface area contributed by atoms with Crippen LogP contribution >= 0.6 is 0 Å². The van der Waals surface area contributed by atoms with Crippen molar-refractivity contribution in [3.63, 3.8) is 0 Å². The van der Waals surface area contributed by atoms with Gasteiger partial charge >= 0.3 is 11.9 Å². The fourth-order valence-corrected chi connectivity index (χ4v) is 1.97. The Bertz CT molecular complexity index is 281.